The van der Waals surface area contributed by atoms with E-state index in [1.807, 2.05) is 18.2 Å². The number of methoxy groups -OCH3 is 1. The minimum absolute atomic E-state index is 0.0394. The van der Waals surface area contributed by atoms with Crippen LogP contribution in [0.2, 0.25) is 0 Å². The Balaban J connectivity index is 1.87. The van der Waals surface area contributed by atoms with Crippen LogP contribution in [0.1, 0.15) is 11.1 Å². The summed E-state index contributed by atoms with van der Waals surface area (Å²) in [5.41, 5.74) is 1.29. The normalized spacial score (nSPS) is 10.3. The van der Waals surface area contributed by atoms with Gasteiger partial charge in [-0.1, -0.05) is 36.4 Å². The van der Waals surface area contributed by atoms with Gasteiger partial charge in [-0.25, -0.2) is 4.79 Å². The van der Waals surface area contributed by atoms with Gasteiger partial charge in [0, 0.05) is 24.2 Å². The lowest BCUT2D eigenvalue weighted by atomic mass is 10.2. The predicted octanol–water partition coefficient (Wildman–Crippen LogP) is 3.30. The molecule has 0 spiro atoms. The number of ether oxygens (including phenoxy) is 2. The van der Waals surface area contributed by atoms with Gasteiger partial charge in [0.2, 0.25) is 0 Å². The number of nitrogens with one attached hydrogen (secondary N) is 2. The Labute approximate surface area is 138 Å². The molecule has 24 heavy (non-hydrogen) atoms. The van der Waals surface area contributed by atoms with Gasteiger partial charge in [0.1, 0.15) is 11.5 Å². The quantitative estimate of drug-likeness (QED) is 0.816. The summed E-state index contributed by atoms with van der Waals surface area (Å²) in [4.78, 5) is 11.9. The van der Waals surface area contributed by atoms with Gasteiger partial charge >= 0.3 is 12.6 Å². The van der Waals surface area contributed by atoms with Crippen molar-refractivity contribution in [2.75, 3.05) is 7.11 Å². The van der Waals surface area contributed by atoms with Crippen LogP contribution < -0.4 is 20.1 Å². The average Bonchev–Trinajstić information content (AvgIpc) is 2.59. The molecule has 0 radical (unpaired) electrons. The van der Waals surface area contributed by atoms with Gasteiger partial charge in [0.15, 0.2) is 0 Å². The van der Waals surface area contributed by atoms with Gasteiger partial charge in [0.25, 0.3) is 0 Å². The van der Waals surface area contributed by atoms with Gasteiger partial charge in [-0.05, 0) is 12.1 Å². The number of urea groups is 1. The lowest BCUT2D eigenvalue weighted by Gasteiger charge is -2.13. The molecule has 0 saturated carbocycles. The van der Waals surface area contributed by atoms with Crippen molar-refractivity contribution in [3.63, 3.8) is 0 Å². The van der Waals surface area contributed by atoms with E-state index in [2.05, 4.69) is 15.4 Å². The maximum absolute atomic E-state index is 12.3. The molecule has 7 heteroatoms. The third-order valence-corrected chi connectivity index (χ3v) is 3.26. The van der Waals surface area contributed by atoms with E-state index in [9.17, 15) is 13.6 Å². The molecule has 0 aliphatic heterocycles. The molecular formula is C17H18F2N2O3. The number of carbonyl (C=O) groups is 1. The number of amides is 2. The molecule has 0 saturated heterocycles. The highest BCUT2D eigenvalue weighted by Gasteiger charge is 2.10. The van der Waals surface area contributed by atoms with Crippen LogP contribution in [0, 0.1) is 0 Å². The molecule has 2 N–H and O–H groups in total. The SMILES string of the molecule is COc1ccccc1CNC(=O)NCc1ccccc1OC(F)F. The second kappa shape index (κ2) is 8.71. The van der Waals surface area contributed by atoms with Crippen LogP contribution in [-0.2, 0) is 13.1 Å². The largest absolute Gasteiger partial charge is 0.496 e. The topological polar surface area (TPSA) is 59.6 Å². The number of rotatable bonds is 7. The lowest BCUT2D eigenvalue weighted by molar-refractivity contribution is -0.0504. The Morgan fingerprint density at radius 1 is 0.958 bits per heavy atom. The molecule has 5 nitrogen and oxygen atoms in total. The fraction of sp³-hybridized carbons (Fsp3) is 0.235. The standard InChI is InChI=1S/C17H18F2N2O3/c1-23-14-8-4-2-6-12(14)10-20-17(22)21-11-13-7-3-5-9-15(13)24-16(18)19/h2-9,16H,10-11H2,1H3,(H2,20,21,22). The van der Waals surface area contributed by atoms with Crippen molar-refractivity contribution in [2.24, 2.45) is 0 Å². The predicted molar refractivity (Wildman–Crippen MR) is 85.1 cm³/mol. The van der Waals surface area contributed by atoms with E-state index in [0.29, 0.717) is 11.3 Å². The van der Waals surface area contributed by atoms with Gasteiger partial charge in [-0.15, -0.1) is 0 Å². The molecule has 0 atom stereocenters. The molecule has 2 amide bonds. The molecule has 0 aliphatic rings. The van der Waals surface area contributed by atoms with E-state index in [-0.39, 0.29) is 18.8 Å². The molecule has 0 heterocycles. The van der Waals surface area contributed by atoms with E-state index >= 15 is 0 Å². The van der Waals surface area contributed by atoms with Crippen LogP contribution in [-0.4, -0.2) is 19.8 Å². The second-order valence-electron chi connectivity index (χ2n) is 4.83. The summed E-state index contributed by atoms with van der Waals surface area (Å²) < 4.78 is 34.3. The minimum atomic E-state index is -2.91. The molecular weight excluding hydrogens is 318 g/mol. The first-order valence-electron chi connectivity index (χ1n) is 7.26. The molecule has 2 aromatic rings. The van der Waals surface area contributed by atoms with Gasteiger partial charge in [-0.3, -0.25) is 0 Å². The first-order valence-corrected chi connectivity index (χ1v) is 7.26. The fourth-order valence-electron chi connectivity index (χ4n) is 2.12. The number of benzene rings is 2. The van der Waals surface area contributed by atoms with Crippen molar-refractivity contribution in [1.82, 2.24) is 10.6 Å². The summed E-state index contributed by atoms with van der Waals surface area (Å²) in [5, 5.41) is 5.29. The van der Waals surface area contributed by atoms with Crippen LogP contribution >= 0.6 is 0 Å². The monoisotopic (exact) mass is 336 g/mol. The minimum Gasteiger partial charge on any atom is -0.496 e. The molecule has 0 fully saturated rings. The van der Waals surface area contributed by atoms with Crippen molar-refractivity contribution in [1.29, 1.82) is 0 Å². The highest BCUT2D eigenvalue weighted by Crippen LogP contribution is 2.20. The molecule has 0 aromatic heterocycles. The zero-order valence-corrected chi connectivity index (χ0v) is 13.1. The van der Waals surface area contributed by atoms with Crippen molar-refractivity contribution in [3.05, 3.63) is 59.7 Å². The fourth-order valence-corrected chi connectivity index (χ4v) is 2.12. The van der Waals surface area contributed by atoms with Crippen LogP contribution in [0.25, 0.3) is 0 Å². The van der Waals surface area contributed by atoms with Crippen LogP contribution in [0.5, 0.6) is 11.5 Å². The summed E-state index contributed by atoms with van der Waals surface area (Å²) in [6.07, 6.45) is 0. The van der Waals surface area contributed by atoms with Crippen molar-refractivity contribution >= 4 is 6.03 Å². The van der Waals surface area contributed by atoms with E-state index in [0.717, 1.165) is 5.56 Å². The highest BCUT2D eigenvalue weighted by molar-refractivity contribution is 5.74. The summed E-state index contributed by atoms with van der Waals surface area (Å²) >= 11 is 0. The molecule has 0 aliphatic carbocycles. The van der Waals surface area contributed by atoms with E-state index in [1.54, 1.807) is 31.4 Å². The van der Waals surface area contributed by atoms with Gasteiger partial charge in [0.05, 0.1) is 7.11 Å². The zero-order valence-electron chi connectivity index (χ0n) is 13.1. The summed E-state index contributed by atoms with van der Waals surface area (Å²) in [5.74, 6) is 0.714. The molecule has 0 unspecified atom stereocenters. The molecule has 2 rings (SSSR count). The van der Waals surface area contributed by atoms with E-state index in [1.165, 1.54) is 6.07 Å². The zero-order chi connectivity index (χ0) is 17.4. The first kappa shape index (κ1) is 17.5. The summed E-state index contributed by atoms with van der Waals surface area (Å²) in [6, 6.07) is 13.2. The molecule has 128 valence electrons. The summed E-state index contributed by atoms with van der Waals surface area (Å²) in [6.45, 7) is -2.56. The number of halogens is 2. The van der Waals surface area contributed by atoms with Gasteiger partial charge < -0.3 is 20.1 Å². The van der Waals surface area contributed by atoms with Crippen molar-refractivity contribution in [3.8, 4) is 11.5 Å². The third kappa shape index (κ3) is 5.12. The molecule has 0 bridgehead atoms. The Hall–Kier alpha value is -2.83. The Morgan fingerprint density at radius 2 is 1.46 bits per heavy atom. The van der Waals surface area contributed by atoms with Gasteiger partial charge in [-0.2, -0.15) is 8.78 Å². The molecule has 2 aromatic carbocycles. The second-order valence-corrected chi connectivity index (χ2v) is 4.83. The van der Waals surface area contributed by atoms with Crippen molar-refractivity contribution in [2.45, 2.75) is 19.7 Å². The van der Waals surface area contributed by atoms with Crippen LogP contribution in [0.15, 0.2) is 48.5 Å². The number of hydrogen-bond acceptors (Lipinski definition) is 3. The number of carbonyl (C=O) groups excluding carboxylic acids is 1. The van der Waals surface area contributed by atoms with E-state index in [4.69, 9.17) is 4.74 Å². The van der Waals surface area contributed by atoms with Crippen LogP contribution in [0.4, 0.5) is 13.6 Å². The van der Waals surface area contributed by atoms with E-state index < -0.39 is 12.6 Å². The Morgan fingerprint density at radius 3 is 2.00 bits per heavy atom. The average molecular weight is 336 g/mol. The Kier molecular flexibility index (Phi) is 6.36. The van der Waals surface area contributed by atoms with Crippen molar-refractivity contribution < 1.29 is 23.0 Å². The Bertz CT molecular complexity index is 680. The number of para-hydroxylation sites is 2. The number of alkyl halides is 2. The summed E-state index contributed by atoms with van der Waals surface area (Å²) in [7, 11) is 1.55. The lowest BCUT2D eigenvalue weighted by Crippen LogP contribution is -2.34. The maximum Gasteiger partial charge on any atom is 0.387 e. The smallest absolute Gasteiger partial charge is 0.387 e. The third-order valence-electron chi connectivity index (χ3n) is 3.26. The maximum atomic E-state index is 12.3. The number of hydrogen-bond donors (Lipinski definition) is 2. The first-order chi connectivity index (χ1) is 11.6. The van der Waals surface area contributed by atoms with Crippen LogP contribution in [0.3, 0.4) is 0 Å². The highest BCUT2D eigenvalue weighted by atomic mass is 19.3.